The number of carbonyl (C=O) groups excluding carboxylic acids is 1. The summed E-state index contributed by atoms with van der Waals surface area (Å²) in [5.41, 5.74) is 0.426. The number of nitrogens with zero attached hydrogens (tertiary/aromatic N) is 2. The minimum Gasteiger partial charge on any atom is -0.468 e. The van der Waals surface area contributed by atoms with Crippen molar-refractivity contribution < 1.29 is 9.53 Å². The van der Waals surface area contributed by atoms with Crippen LogP contribution in [0.1, 0.15) is 20.3 Å². The molecule has 0 bridgehead atoms. The predicted octanol–water partition coefficient (Wildman–Crippen LogP) is 3.36. The van der Waals surface area contributed by atoms with Crippen molar-refractivity contribution in [2.45, 2.75) is 32.0 Å². The Hall–Kier alpha value is -1.53. The standard InChI is InChI=1S/C16H19ClN2O3S/c1-10(2)6-7-19-15(21)12-5-4-11(17)8-13(12)18-16(19)23-9-14(20)22-3/h4-5,8,10H,6-7,9H2,1-3H3. The van der Waals surface area contributed by atoms with Gasteiger partial charge in [0.1, 0.15) is 0 Å². The molecule has 2 aromatic rings. The SMILES string of the molecule is COC(=O)CSc1nc2cc(Cl)ccc2c(=O)n1CCC(C)C. The molecule has 2 rings (SSSR count). The lowest BCUT2D eigenvalue weighted by atomic mass is 10.1. The molecule has 1 heterocycles. The van der Waals surface area contributed by atoms with Gasteiger partial charge in [0.25, 0.3) is 5.56 Å². The van der Waals surface area contributed by atoms with Gasteiger partial charge >= 0.3 is 5.97 Å². The highest BCUT2D eigenvalue weighted by Gasteiger charge is 2.14. The van der Waals surface area contributed by atoms with E-state index < -0.39 is 0 Å². The molecule has 0 unspecified atom stereocenters. The smallest absolute Gasteiger partial charge is 0.316 e. The number of hydrogen-bond acceptors (Lipinski definition) is 5. The summed E-state index contributed by atoms with van der Waals surface area (Å²) in [6.45, 7) is 4.76. The second kappa shape index (κ2) is 7.84. The molecule has 0 radical (unpaired) electrons. The van der Waals surface area contributed by atoms with Crippen molar-refractivity contribution in [1.29, 1.82) is 0 Å². The Bertz CT molecular complexity index is 774. The van der Waals surface area contributed by atoms with E-state index in [9.17, 15) is 9.59 Å². The third kappa shape index (κ3) is 4.48. The van der Waals surface area contributed by atoms with E-state index in [0.29, 0.717) is 33.5 Å². The number of aromatic nitrogens is 2. The lowest BCUT2D eigenvalue weighted by Crippen LogP contribution is -2.24. The molecule has 0 aliphatic rings. The van der Waals surface area contributed by atoms with Gasteiger partial charge in [0, 0.05) is 11.6 Å². The summed E-state index contributed by atoms with van der Waals surface area (Å²) in [5, 5.41) is 1.56. The van der Waals surface area contributed by atoms with E-state index in [1.807, 2.05) is 0 Å². The van der Waals surface area contributed by atoms with Gasteiger partial charge in [-0.15, -0.1) is 0 Å². The van der Waals surface area contributed by atoms with E-state index >= 15 is 0 Å². The molecule has 1 aromatic heterocycles. The van der Waals surface area contributed by atoms with Crippen LogP contribution in [-0.4, -0.2) is 28.4 Å². The number of ether oxygens (including phenoxy) is 1. The molecular formula is C16H19ClN2O3S. The number of methoxy groups -OCH3 is 1. The van der Waals surface area contributed by atoms with Crippen molar-refractivity contribution in [3.63, 3.8) is 0 Å². The maximum Gasteiger partial charge on any atom is 0.316 e. The molecule has 0 spiro atoms. The number of fused-ring (bicyclic) bond motifs is 1. The van der Waals surface area contributed by atoms with E-state index in [2.05, 4.69) is 23.6 Å². The molecule has 124 valence electrons. The summed E-state index contributed by atoms with van der Waals surface area (Å²) in [6.07, 6.45) is 0.854. The topological polar surface area (TPSA) is 61.2 Å². The van der Waals surface area contributed by atoms with Crippen LogP contribution >= 0.6 is 23.4 Å². The monoisotopic (exact) mass is 354 g/mol. The Morgan fingerprint density at radius 2 is 2.17 bits per heavy atom. The quantitative estimate of drug-likeness (QED) is 0.452. The van der Waals surface area contributed by atoms with Crippen molar-refractivity contribution in [1.82, 2.24) is 9.55 Å². The molecule has 0 N–H and O–H groups in total. The Morgan fingerprint density at radius 1 is 1.43 bits per heavy atom. The molecule has 0 saturated heterocycles. The zero-order chi connectivity index (χ0) is 17.0. The van der Waals surface area contributed by atoms with Crippen LogP contribution in [0.3, 0.4) is 0 Å². The number of rotatable bonds is 6. The summed E-state index contributed by atoms with van der Waals surface area (Å²) < 4.78 is 6.28. The first-order valence-corrected chi connectivity index (χ1v) is 8.68. The van der Waals surface area contributed by atoms with Crippen molar-refractivity contribution in [3.8, 4) is 0 Å². The first-order chi connectivity index (χ1) is 10.9. The number of hydrogen-bond donors (Lipinski definition) is 0. The first kappa shape index (κ1) is 17.8. The fraction of sp³-hybridized carbons (Fsp3) is 0.438. The average Bonchev–Trinajstić information content (AvgIpc) is 2.51. The zero-order valence-electron chi connectivity index (χ0n) is 13.3. The van der Waals surface area contributed by atoms with Crippen LogP contribution in [0.4, 0.5) is 0 Å². The summed E-state index contributed by atoms with van der Waals surface area (Å²) >= 11 is 7.19. The molecular weight excluding hydrogens is 336 g/mol. The molecule has 1 aromatic carbocycles. The van der Waals surface area contributed by atoms with Gasteiger partial charge in [-0.3, -0.25) is 14.2 Å². The molecule has 23 heavy (non-hydrogen) atoms. The zero-order valence-corrected chi connectivity index (χ0v) is 14.9. The van der Waals surface area contributed by atoms with E-state index in [1.54, 1.807) is 22.8 Å². The number of esters is 1. The van der Waals surface area contributed by atoms with Crippen molar-refractivity contribution in [2.75, 3.05) is 12.9 Å². The third-order valence-electron chi connectivity index (χ3n) is 3.36. The molecule has 5 nitrogen and oxygen atoms in total. The van der Waals surface area contributed by atoms with Gasteiger partial charge < -0.3 is 4.74 Å². The molecule has 0 aliphatic heterocycles. The minimum absolute atomic E-state index is 0.108. The third-order valence-corrected chi connectivity index (χ3v) is 4.54. The van der Waals surface area contributed by atoms with Crippen LogP contribution in [0.2, 0.25) is 5.02 Å². The predicted molar refractivity (Wildman–Crippen MR) is 93.2 cm³/mol. The molecule has 0 amide bonds. The van der Waals surface area contributed by atoms with Gasteiger partial charge in [-0.25, -0.2) is 4.98 Å². The van der Waals surface area contributed by atoms with Gasteiger partial charge in [-0.2, -0.15) is 0 Å². The Labute approximate surface area is 144 Å². The van der Waals surface area contributed by atoms with E-state index in [4.69, 9.17) is 11.6 Å². The molecule has 0 atom stereocenters. The Balaban J connectivity index is 2.48. The number of carbonyl (C=O) groups is 1. The van der Waals surface area contributed by atoms with Crippen molar-refractivity contribution >= 4 is 40.2 Å². The molecule has 0 saturated carbocycles. The number of benzene rings is 1. The minimum atomic E-state index is -0.356. The fourth-order valence-electron chi connectivity index (χ4n) is 2.05. The maximum atomic E-state index is 12.7. The van der Waals surface area contributed by atoms with Gasteiger partial charge in [-0.1, -0.05) is 37.2 Å². The van der Waals surface area contributed by atoms with E-state index in [0.717, 1.165) is 6.42 Å². The highest BCUT2D eigenvalue weighted by Crippen LogP contribution is 2.21. The van der Waals surface area contributed by atoms with Crippen molar-refractivity contribution in [2.24, 2.45) is 5.92 Å². The van der Waals surface area contributed by atoms with Crippen LogP contribution in [0.5, 0.6) is 0 Å². The summed E-state index contributed by atoms with van der Waals surface area (Å²) in [6, 6.07) is 5.03. The van der Waals surface area contributed by atoms with Crippen molar-refractivity contribution in [3.05, 3.63) is 33.6 Å². The van der Waals surface area contributed by atoms with Gasteiger partial charge in [0.15, 0.2) is 5.16 Å². The summed E-state index contributed by atoms with van der Waals surface area (Å²) in [5.74, 6) is 0.212. The lowest BCUT2D eigenvalue weighted by molar-refractivity contribution is -0.137. The molecule has 0 aliphatic carbocycles. The summed E-state index contributed by atoms with van der Waals surface area (Å²) in [7, 11) is 1.34. The van der Waals surface area contributed by atoms with Gasteiger partial charge in [0.2, 0.25) is 0 Å². The van der Waals surface area contributed by atoms with Gasteiger partial charge in [-0.05, 0) is 30.5 Å². The molecule has 0 fully saturated rings. The fourth-order valence-corrected chi connectivity index (χ4v) is 3.07. The van der Waals surface area contributed by atoms with Gasteiger partial charge in [0.05, 0.1) is 23.8 Å². The number of halogens is 1. The van der Waals surface area contributed by atoms with Crippen LogP contribution in [-0.2, 0) is 16.1 Å². The largest absolute Gasteiger partial charge is 0.468 e. The maximum absolute atomic E-state index is 12.7. The van der Waals surface area contributed by atoms with Crippen LogP contribution < -0.4 is 5.56 Å². The molecule has 7 heteroatoms. The van der Waals surface area contributed by atoms with E-state index in [1.165, 1.54) is 18.9 Å². The second-order valence-electron chi connectivity index (χ2n) is 5.56. The average molecular weight is 355 g/mol. The van der Waals surface area contributed by atoms with E-state index in [-0.39, 0.29) is 17.3 Å². The summed E-state index contributed by atoms with van der Waals surface area (Å²) in [4.78, 5) is 28.6. The second-order valence-corrected chi connectivity index (χ2v) is 6.94. The Kier molecular flexibility index (Phi) is 6.07. The van der Waals surface area contributed by atoms with Crippen LogP contribution in [0, 0.1) is 5.92 Å². The highest BCUT2D eigenvalue weighted by atomic mass is 35.5. The normalized spacial score (nSPS) is 11.2. The number of thioether (sulfide) groups is 1. The lowest BCUT2D eigenvalue weighted by Gasteiger charge is -2.14. The first-order valence-electron chi connectivity index (χ1n) is 7.32. The highest BCUT2D eigenvalue weighted by molar-refractivity contribution is 7.99. The Morgan fingerprint density at radius 3 is 2.83 bits per heavy atom. The van der Waals surface area contributed by atoms with Crippen LogP contribution in [0.15, 0.2) is 28.2 Å². The van der Waals surface area contributed by atoms with Crippen LogP contribution in [0.25, 0.3) is 10.9 Å².